The predicted molar refractivity (Wildman–Crippen MR) is 155 cm³/mol. The fraction of sp³-hybridized carbons (Fsp3) is 0.788. The van der Waals surface area contributed by atoms with Gasteiger partial charge in [-0.2, -0.15) is 0 Å². The van der Waals surface area contributed by atoms with Crippen molar-refractivity contribution in [1.82, 2.24) is 4.72 Å². The molecule has 6 rings (SSSR count). The number of ketones is 2. The summed E-state index contributed by atoms with van der Waals surface area (Å²) in [6.45, 7) is 23.0. The quantitative estimate of drug-likeness (QED) is 0.401. The first-order valence-electron chi connectivity index (χ1n) is 15.3. The Morgan fingerprint density at radius 1 is 0.925 bits per heavy atom. The van der Waals surface area contributed by atoms with Crippen molar-refractivity contribution in [3.8, 4) is 0 Å². The zero-order valence-electron chi connectivity index (χ0n) is 25.3. The summed E-state index contributed by atoms with van der Waals surface area (Å²) < 4.78 is 30.0. The Kier molecular flexibility index (Phi) is 5.80. The molecule has 0 aromatic heterocycles. The van der Waals surface area contributed by atoms with Crippen LogP contribution in [0.3, 0.4) is 0 Å². The molecule has 4 saturated carbocycles. The Labute approximate surface area is 240 Å². The van der Waals surface area contributed by atoms with Crippen LogP contribution in [-0.4, -0.2) is 30.8 Å². The van der Waals surface area contributed by atoms with Crippen molar-refractivity contribution < 1.29 is 18.0 Å². The van der Waals surface area contributed by atoms with Crippen LogP contribution in [-0.2, 0) is 19.6 Å². The summed E-state index contributed by atoms with van der Waals surface area (Å²) in [6.07, 6.45) is 11.1. The molecular formula is C33H46N2O4S. The average Bonchev–Trinajstić information content (AvgIpc) is 3.70. The highest BCUT2D eigenvalue weighted by molar-refractivity contribution is 7.90. The third-order valence-electron chi connectivity index (χ3n) is 13.1. The lowest BCUT2D eigenvalue weighted by Gasteiger charge is -2.69. The molecule has 0 spiro atoms. The Balaban J connectivity index is 1.50. The number of hydrogen-bond donors (Lipinski definition) is 1. The molecule has 0 aromatic carbocycles. The molecule has 1 N–H and O–H groups in total. The van der Waals surface area contributed by atoms with Gasteiger partial charge in [-0.25, -0.2) is 18.0 Å². The van der Waals surface area contributed by atoms with Crippen molar-refractivity contribution >= 4 is 21.6 Å². The Hall–Kier alpha value is -1.78. The molecule has 4 fully saturated rings. The number of hydrogen-bond acceptors (Lipinski definition) is 4. The molecule has 6 aliphatic carbocycles. The molecule has 6 aliphatic rings. The van der Waals surface area contributed by atoms with E-state index in [9.17, 15) is 18.0 Å². The van der Waals surface area contributed by atoms with Crippen molar-refractivity contribution in [2.75, 3.05) is 0 Å². The summed E-state index contributed by atoms with van der Waals surface area (Å²) in [6, 6.07) is 0. The molecule has 0 saturated heterocycles. The third kappa shape index (κ3) is 3.57. The SMILES string of the molecule is [C-]#[N+]C1=C[C@]2(C)C3=CC(=O)[C@@H]4[C@@H]5CC(C)(C)CC[C@]5(NS(=O)(=O)C5CC5)CC[C@@]4(C)[C@]3(C)CC[C@H]2C(C)(C)C1=O. The maximum absolute atomic E-state index is 14.5. The maximum Gasteiger partial charge on any atom is 0.226 e. The highest BCUT2D eigenvalue weighted by atomic mass is 32.2. The van der Waals surface area contributed by atoms with E-state index in [4.69, 9.17) is 6.57 Å². The van der Waals surface area contributed by atoms with Gasteiger partial charge in [0.25, 0.3) is 0 Å². The predicted octanol–water partition coefficient (Wildman–Crippen LogP) is 6.39. The number of Topliss-reactive ketones (excluding diaryl/α,β-unsaturated/α-hetero) is 1. The molecule has 0 heterocycles. The fourth-order valence-corrected chi connectivity index (χ4v) is 12.4. The molecule has 0 amide bonds. The second kappa shape index (κ2) is 8.19. The molecule has 218 valence electrons. The van der Waals surface area contributed by atoms with E-state index < -0.39 is 26.4 Å². The number of sulfonamides is 1. The second-order valence-electron chi connectivity index (χ2n) is 16.2. The van der Waals surface area contributed by atoms with Crippen molar-refractivity contribution in [2.45, 2.75) is 117 Å². The number of rotatable bonds is 3. The summed E-state index contributed by atoms with van der Waals surface area (Å²) >= 11 is 0. The molecule has 0 radical (unpaired) electrons. The Bertz CT molecular complexity index is 1410. The van der Waals surface area contributed by atoms with Gasteiger partial charge in [-0.05, 0) is 91.9 Å². The van der Waals surface area contributed by atoms with Gasteiger partial charge in [0.1, 0.15) is 0 Å². The van der Waals surface area contributed by atoms with Gasteiger partial charge in [-0.1, -0.05) is 60.1 Å². The number of allylic oxidation sites excluding steroid dienone is 4. The Morgan fingerprint density at radius 2 is 1.57 bits per heavy atom. The maximum atomic E-state index is 14.5. The topological polar surface area (TPSA) is 84.7 Å². The number of carbonyl (C=O) groups is 2. The van der Waals surface area contributed by atoms with Gasteiger partial charge in [0.05, 0.1) is 11.8 Å². The molecular weight excluding hydrogens is 520 g/mol. The summed E-state index contributed by atoms with van der Waals surface area (Å²) in [5, 5.41) is -0.284. The Morgan fingerprint density at radius 3 is 2.20 bits per heavy atom. The monoisotopic (exact) mass is 566 g/mol. The summed E-state index contributed by atoms with van der Waals surface area (Å²) in [4.78, 5) is 31.5. The summed E-state index contributed by atoms with van der Waals surface area (Å²) in [5.41, 5.74) is -1.12. The van der Waals surface area contributed by atoms with E-state index in [0.29, 0.717) is 0 Å². The van der Waals surface area contributed by atoms with Gasteiger partial charge >= 0.3 is 0 Å². The molecule has 7 heteroatoms. The first-order valence-corrected chi connectivity index (χ1v) is 16.9. The largest absolute Gasteiger partial charge is 0.307 e. The summed E-state index contributed by atoms with van der Waals surface area (Å²) in [7, 11) is -3.41. The standard InChI is InChI=1S/C33H46N2O4S/c1-28(2)13-15-33(35-40(38,39)20-9-10-20)16-14-32(7)26(21(33)18-28)23(36)17-25-30(5)19-22(34-8)27(37)29(3,4)24(30)11-12-31(25,32)6/h17,19-21,24,26,35H,9-16,18H2,1-7H3/t21-,24-,26-,30-,31+,32+,33-/m0/s1. The van der Waals surface area contributed by atoms with Crippen molar-refractivity contribution in [3.05, 3.63) is 34.8 Å². The lowest BCUT2D eigenvalue weighted by atomic mass is 9.35. The second-order valence-corrected chi connectivity index (χ2v) is 18.2. The first kappa shape index (κ1) is 28.3. The van der Waals surface area contributed by atoms with Crippen molar-refractivity contribution in [3.63, 3.8) is 0 Å². The molecule has 6 nitrogen and oxygen atoms in total. The molecule has 0 aliphatic heterocycles. The lowest BCUT2D eigenvalue weighted by molar-refractivity contribution is -0.159. The van der Waals surface area contributed by atoms with Crippen LogP contribution in [0, 0.1) is 51.4 Å². The number of nitrogens with zero attached hydrogens (tertiary/aromatic N) is 1. The number of fused-ring (bicyclic) bond motifs is 7. The smallest absolute Gasteiger partial charge is 0.226 e. The van der Waals surface area contributed by atoms with E-state index in [-0.39, 0.29) is 56.5 Å². The van der Waals surface area contributed by atoms with Gasteiger partial charge in [0, 0.05) is 22.3 Å². The van der Waals surface area contributed by atoms with Crippen LogP contribution in [0.5, 0.6) is 0 Å². The minimum atomic E-state index is -3.41. The summed E-state index contributed by atoms with van der Waals surface area (Å²) in [5.74, 6) is -0.280. The third-order valence-corrected chi connectivity index (χ3v) is 15.2. The van der Waals surface area contributed by atoms with Crippen LogP contribution in [0.4, 0.5) is 0 Å². The fourth-order valence-electron chi connectivity index (χ4n) is 10.5. The van der Waals surface area contributed by atoms with Gasteiger partial charge in [0.2, 0.25) is 15.7 Å². The van der Waals surface area contributed by atoms with Crippen LogP contribution in [0.25, 0.3) is 4.85 Å². The zero-order chi connectivity index (χ0) is 29.3. The van der Waals surface area contributed by atoms with Gasteiger partial charge in [0.15, 0.2) is 11.6 Å². The lowest BCUT2D eigenvalue weighted by Crippen LogP contribution is -2.69. The van der Waals surface area contributed by atoms with Crippen molar-refractivity contribution in [2.24, 2.45) is 44.8 Å². The van der Waals surface area contributed by atoms with Crippen LogP contribution >= 0.6 is 0 Å². The highest BCUT2D eigenvalue weighted by Crippen LogP contribution is 2.73. The molecule has 40 heavy (non-hydrogen) atoms. The highest BCUT2D eigenvalue weighted by Gasteiger charge is 2.70. The van der Waals surface area contributed by atoms with E-state index in [0.717, 1.165) is 63.4 Å². The molecule has 7 atom stereocenters. The van der Waals surface area contributed by atoms with Crippen LogP contribution < -0.4 is 4.72 Å². The van der Waals surface area contributed by atoms with E-state index >= 15 is 0 Å². The van der Waals surface area contributed by atoms with Crippen LogP contribution in [0.15, 0.2) is 23.4 Å². The number of carbonyl (C=O) groups excluding carboxylic acids is 2. The molecule has 0 aromatic rings. The van der Waals surface area contributed by atoms with E-state index in [1.54, 1.807) is 0 Å². The van der Waals surface area contributed by atoms with Gasteiger partial charge < -0.3 is 4.79 Å². The minimum absolute atomic E-state index is 0.0203. The van der Waals surface area contributed by atoms with E-state index in [1.165, 1.54) is 0 Å². The number of nitrogens with one attached hydrogen (secondary N) is 1. The van der Waals surface area contributed by atoms with Gasteiger partial charge in [-0.15, -0.1) is 0 Å². The molecule has 0 unspecified atom stereocenters. The van der Waals surface area contributed by atoms with Crippen molar-refractivity contribution in [1.29, 1.82) is 0 Å². The zero-order valence-corrected chi connectivity index (χ0v) is 26.1. The first-order chi connectivity index (χ1) is 18.4. The van der Waals surface area contributed by atoms with Crippen LogP contribution in [0.1, 0.15) is 106 Å². The van der Waals surface area contributed by atoms with Crippen LogP contribution in [0.2, 0.25) is 0 Å². The normalized spacial score (nSPS) is 45.6. The van der Waals surface area contributed by atoms with Gasteiger partial charge in [-0.3, -0.25) is 4.79 Å². The average molecular weight is 567 g/mol. The minimum Gasteiger partial charge on any atom is -0.307 e. The molecule has 0 bridgehead atoms. The van der Waals surface area contributed by atoms with E-state index in [1.807, 2.05) is 26.0 Å². The van der Waals surface area contributed by atoms with E-state index in [2.05, 4.69) is 44.2 Å².